The molecule has 0 bridgehead atoms. The number of unbranched alkanes of at least 4 members (excludes halogenated alkanes) is 1. The summed E-state index contributed by atoms with van der Waals surface area (Å²) in [7, 11) is -3.85. The van der Waals surface area contributed by atoms with Crippen LogP contribution in [0.25, 0.3) is 0 Å². The number of halogens is 3. The molecule has 0 heterocycles. The molecule has 0 aliphatic rings. The minimum absolute atomic E-state index is 0.0567. The number of sulfonamides is 1. The van der Waals surface area contributed by atoms with Crippen molar-refractivity contribution in [1.29, 1.82) is 0 Å². The normalized spacial score (nSPS) is 12.2. The molecule has 0 aromatic heterocycles. The van der Waals surface area contributed by atoms with E-state index in [1.165, 1.54) is 29.2 Å². The first-order valence-electron chi connectivity index (χ1n) is 12.2. The van der Waals surface area contributed by atoms with Crippen molar-refractivity contribution in [1.82, 2.24) is 10.2 Å². The molecular formula is C26H34F3N3O4S. The maximum atomic E-state index is 13.7. The molecule has 0 unspecified atom stereocenters. The highest BCUT2D eigenvalue weighted by Crippen LogP contribution is 2.22. The molecule has 7 nitrogen and oxygen atoms in total. The molecule has 11 heteroatoms. The third-order valence-corrected chi connectivity index (χ3v) is 7.02. The first-order chi connectivity index (χ1) is 17.5. The van der Waals surface area contributed by atoms with Crippen molar-refractivity contribution >= 4 is 27.5 Å². The van der Waals surface area contributed by atoms with Crippen molar-refractivity contribution in [2.24, 2.45) is 0 Å². The molecule has 1 N–H and O–H groups in total. The van der Waals surface area contributed by atoms with E-state index < -0.39 is 33.5 Å². The summed E-state index contributed by atoms with van der Waals surface area (Å²) in [5, 5.41) is 2.84. The van der Waals surface area contributed by atoms with Crippen molar-refractivity contribution in [2.45, 2.75) is 58.5 Å². The molecule has 0 spiro atoms. The first-order valence-corrected chi connectivity index (χ1v) is 14.1. The molecule has 0 radical (unpaired) electrons. The maximum Gasteiger partial charge on any atom is 0.242 e. The number of nitrogens with zero attached hydrogens (tertiary/aromatic N) is 2. The van der Waals surface area contributed by atoms with E-state index in [-0.39, 0.29) is 43.4 Å². The lowest BCUT2D eigenvalue weighted by atomic mass is 10.1. The van der Waals surface area contributed by atoms with Gasteiger partial charge in [0.25, 0.3) is 0 Å². The van der Waals surface area contributed by atoms with E-state index in [9.17, 15) is 31.2 Å². The Hall–Kier alpha value is -3.08. The van der Waals surface area contributed by atoms with E-state index in [1.807, 2.05) is 6.92 Å². The van der Waals surface area contributed by atoms with E-state index in [2.05, 4.69) is 5.32 Å². The molecule has 2 amide bonds. The summed E-state index contributed by atoms with van der Waals surface area (Å²) >= 11 is 0. The molecule has 2 aromatic carbocycles. The quantitative estimate of drug-likeness (QED) is 0.360. The van der Waals surface area contributed by atoms with E-state index in [4.69, 9.17) is 0 Å². The standard InChI is InChI=1S/C26H34F3N3O4S/c1-4-6-15-30-26(34)24(5-2)31(18-19-9-11-20(27)12-10-19)25(33)8-7-16-32(37(3,35)36)21-13-14-22(28)23(29)17-21/h9-14,17,24H,4-8,15-16,18H2,1-3H3,(H,30,34)/t24-/m0/s1. The van der Waals surface area contributed by atoms with Crippen LogP contribution in [0.2, 0.25) is 0 Å². The van der Waals surface area contributed by atoms with Crippen LogP contribution < -0.4 is 9.62 Å². The first kappa shape index (κ1) is 30.1. The third kappa shape index (κ3) is 9.07. The second kappa shape index (κ2) is 14.0. The predicted octanol–water partition coefficient (Wildman–Crippen LogP) is 4.37. The summed E-state index contributed by atoms with van der Waals surface area (Å²) in [5.41, 5.74) is 0.577. The smallest absolute Gasteiger partial charge is 0.242 e. The van der Waals surface area contributed by atoms with E-state index in [1.54, 1.807) is 6.92 Å². The Morgan fingerprint density at radius 3 is 2.22 bits per heavy atom. The lowest BCUT2D eigenvalue weighted by molar-refractivity contribution is -0.141. The molecule has 0 aliphatic heterocycles. The van der Waals surface area contributed by atoms with Gasteiger partial charge >= 0.3 is 0 Å². The summed E-state index contributed by atoms with van der Waals surface area (Å²) in [6, 6.07) is 7.60. The molecule has 204 valence electrons. The van der Waals surface area contributed by atoms with Crippen LogP contribution in [0.5, 0.6) is 0 Å². The highest BCUT2D eigenvalue weighted by Gasteiger charge is 2.29. The van der Waals surface area contributed by atoms with Crippen molar-refractivity contribution in [3.05, 3.63) is 65.5 Å². The van der Waals surface area contributed by atoms with E-state index in [0.717, 1.165) is 41.6 Å². The zero-order valence-corrected chi connectivity index (χ0v) is 22.2. The molecule has 37 heavy (non-hydrogen) atoms. The summed E-state index contributed by atoms with van der Waals surface area (Å²) in [5.74, 6) is -3.41. The Balaban J connectivity index is 2.20. The molecule has 0 fully saturated rings. The van der Waals surface area contributed by atoms with Gasteiger partial charge < -0.3 is 10.2 Å². The zero-order chi connectivity index (χ0) is 27.6. The van der Waals surface area contributed by atoms with Gasteiger partial charge in [-0.15, -0.1) is 0 Å². The summed E-state index contributed by atoms with van der Waals surface area (Å²) < 4.78 is 66.0. The fraction of sp³-hybridized carbons (Fsp3) is 0.462. The van der Waals surface area contributed by atoms with Gasteiger partial charge in [0.05, 0.1) is 11.9 Å². The Morgan fingerprint density at radius 2 is 1.65 bits per heavy atom. The van der Waals surface area contributed by atoms with Crippen LogP contribution in [0.15, 0.2) is 42.5 Å². The van der Waals surface area contributed by atoms with Crippen LogP contribution in [0, 0.1) is 17.5 Å². The maximum absolute atomic E-state index is 13.7. The Morgan fingerprint density at radius 1 is 0.973 bits per heavy atom. The monoisotopic (exact) mass is 541 g/mol. The molecular weight excluding hydrogens is 507 g/mol. The highest BCUT2D eigenvalue weighted by atomic mass is 32.2. The second-order valence-corrected chi connectivity index (χ2v) is 10.7. The number of rotatable bonds is 14. The van der Waals surface area contributed by atoms with Crippen molar-refractivity contribution in [3.63, 3.8) is 0 Å². The van der Waals surface area contributed by atoms with Crippen molar-refractivity contribution in [3.8, 4) is 0 Å². The number of nitrogens with one attached hydrogen (secondary N) is 1. The Bertz CT molecular complexity index is 1160. The number of anilines is 1. The van der Waals surface area contributed by atoms with Gasteiger partial charge in [0.15, 0.2) is 11.6 Å². The molecule has 0 saturated carbocycles. The highest BCUT2D eigenvalue weighted by molar-refractivity contribution is 7.92. The fourth-order valence-electron chi connectivity index (χ4n) is 3.86. The number of hydrogen-bond donors (Lipinski definition) is 1. The van der Waals surface area contributed by atoms with Crippen LogP contribution in [0.3, 0.4) is 0 Å². The van der Waals surface area contributed by atoms with Crippen LogP contribution in [0.1, 0.15) is 51.5 Å². The molecule has 1 atom stereocenters. The van der Waals surface area contributed by atoms with Gasteiger partial charge in [-0.2, -0.15) is 0 Å². The molecule has 0 aliphatic carbocycles. The van der Waals surface area contributed by atoms with Gasteiger partial charge in [0, 0.05) is 32.1 Å². The molecule has 0 saturated heterocycles. The summed E-state index contributed by atoms with van der Waals surface area (Å²) in [6.45, 7) is 4.16. The Labute approximate surface area is 216 Å². The van der Waals surface area contributed by atoms with Gasteiger partial charge in [0.2, 0.25) is 21.8 Å². The van der Waals surface area contributed by atoms with Gasteiger partial charge in [-0.05, 0) is 49.1 Å². The summed E-state index contributed by atoms with van der Waals surface area (Å²) in [4.78, 5) is 27.6. The number of benzene rings is 2. The van der Waals surface area contributed by atoms with Gasteiger partial charge in [-0.1, -0.05) is 32.4 Å². The van der Waals surface area contributed by atoms with E-state index >= 15 is 0 Å². The number of carbonyl (C=O) groups is 2. The predicted molar refractivity (Wildman–Crippen MR) is 137 cm³/mol. The second-order valence-electron chi connectivity index (χ2n) is 8.75. The molecule has 2 aromatic rings. The average molecular weight is 542 g/mol. The summed E-state index contributed by atoms with van der Waals surface area (Å²) in [6.07, 6.45) is 2.93. The number of hydrogen-bond acceptors (Lipinski definition) is 4. The van der Waals surface area contributed by atoms with Gasteiger partial charge in [0.1, 0.15) is 11.9 Å². The number of carbonyl (C=O) groups excluding carboxylic acids is 2. The minimum atomic E-state index is -3.85. The van der Waals surface area contributed by atoms with E-state index in [0.29, 0.717) is 18.5 Å². The van der Waals surface area contributed by atoms with Crippen LogP contribution in [-0.4, -0.2) is 50.5 Å². The fourth-order valence-corrected chi connectivity index (χ4v) is 4.81. The minimum Gasteiger partial charge on any atom is -0.354 e. The van der Waals surface area contributed by atoms with Crippen molar-refractivity contribution < 1.29 is 31.2 Å². The van der Waals surface area contributed by atoms with Crippen LogP contribution in [-0.2, 0) is 26.2 Å². The van der Waals surface area contributed by atoms with Gasteiger partial charge in [-0.3, -0.25) is 13.9 Å². The topological polar surface area (TPSA) is 86.8 Å². The van der Waals surface area contributed by atoms with Gasteiger partial charge in [-0.25, -0.2) is 21.6 Å². The lowest BCUT2D eigenvalue weighted by Crippen LogP contribution is -2.49. The molecule has 2 rings (SSSR count). The van der Waals surface area contributed by atoms with Crippen LogP contribution >= 0.6 is 0 Å². The van der Waals surface area contributed by atoms with Crippen LogP contribution in [0.4, 0.5) is 18.9 Å². The Kier molecular flexibility index (Phi) is 11.4. The zero-order valence-electron chi connectivity index (χ0n) is 21.3. The lowest BCUT2D eigenvalue weighted by Gasteiger charge is -2.31. The third-order valence-electron chi connectivity index (χ3n) is 5.82. The largest absolute Gasteiger partial charge is 0.354 e. The SMILES string of the molecule is CCCCNC(=O)[C@H](CC)N(Cc1ccc(F)cc1)C(=O)CCCN(c1ccc(F)c(F)c1)S(C)(=O)=O. The number of amides is 2. The van der Waals surface area contributed by atoms with Crippen molar-refractivity contribution in [2.75, 3.05) is 23.7 Å². The average Bonchev–Trinajstić information content (AvgIpc) is 2.84.